The molecule has 1 fully saturated rings. The Balaban J connectivity index is 2.48. The van der Waals surface area contributed by atoms with Crippen LogP contribution in [-0.4, -0.2) is 23.0 Å². The number of hydrogen-bond donors (Lipinski definition) is 2. The van der Waals surface area contributed by atoms with Crippen LogP contribution in [0.5, 0.6) is 0 Å². The monoisotopic (exact) mass is 227 g/mol. The van der Waals surface area contributed by atoms with Crippen LogP contribution in [0.4, 0.5) is 0 Å². The van der Waals surface area contributed by atoms with Gasteiger partial charge in [-0.05, 0) is 18.8 Å². The van der Waals surface area contributed by atoms with Gasteiger partial charge in [0.1, 0.15) is 0 Å². The predicted molar refractivity (Wildman–Crippen MR) is 60.9 cm³/mol. The molecule has 0 aliphatic heterocycles. The molecule has 1 aliphatic carbocycles. The summed E-state index contributed by atoms with van der Waals surface area (Å²) in [5, 5.41) is 11.8. The summed E-state index contributed by atoms with van der Waals surface area (Å²) in [6.45, 7) is 5.38. The van der Waals surface area contributed by atoms with Gasteiger partial charge < -0.3 is 10.4 Å². The summed E-state index contributed by atoms with van der Waals surface area (Å²) in [7, 11) is 0. The third-order valence-electron chi connectivity index (χ3n) is 3.74. The highest BCUT2D eigenvalue weighted by atomic mass is 16.4. The van der Waals surface area contributed by atoms with Gasteiger partial charge in [0, 0.05) is 12.0 Å². The Kier molecular flexibility index (Phi) is 4.33. The smallest absolute Gasteiger partial charge is 0.307 e. The maximum Gasteiger partial charge on any atom is 0.307 e. The van der Waals surface area contributed by atoms with Crippen LogP contribution in [0.15, 0.2) is 0 Å². The van der Waals surface area contributed by atoms with E-state index in [0.29, 0.717) is 5.92 Å². The Morgan fingerprint density at radius 2 is 1.88 bits per heavy atom. The van der Waals surface area contributed by atoms with Crippen molar-refractivity contribution in [3.05, 3.63) is 0 Å². The minimum atomic E-state index is -0.915. The van der Waals surface area contributed by atoms with Crippen LogP contribution in [0.2, 0.25) is 0 Å². The number of hydrogen-bond acceptors (Lipinski definition) is 2. The fraction of sp³-hybridized carbons (Fsp3) is 0.833. The first-order chi connectivity index (χ1) is 7.43. The van der Waals surface area contributed by atoms with Gasteiger partial charge in [0.2, 0.25) is 5.91 Å². The minimum Gasteiger partial charge on any atom is -0.481 e. The maximum absolute atomic E-state index is 11.8. The van der Waals surface area contributed by atoms with Crippen molar-refractivity contribution < 1.29 is 14.7 Å². The number of carboxylic acids is 1. The Hall–Kier alpha value is -1.06. The van der Waals surface area contributed by atoms with Crippen molar-refractivity contribution in [3.8, 4) is 0 Å². The molecular weight excluding hydrogens is 206 g/mol. The quantitative estimate of drug-likeness (QED) is 0.767. The minimum absolute atomic E-state index is 0.131. The Morgan fingerprint density at radius 3 is 2.31 bits per heavy atom. The van der Waals surface area contributed by atoms with Crippen molar-refractivity contribution >= 4 is 11.9 Å². The third-order valence-corrected chi connectivity index (χ3v) is 3.74. The molecule has 0 aromatic carbocycles. The van der Waals surface area contributed by atoms with Crippen LogP contribution in [-0.2, 0) is 9.59 Å². The molecule has 4 heteroatoms. The van der Waals surface area contributed by atoms with E-state index in [-0.39, 0.29) is 11.9 Å². The average molecular weight is 227 g/mol. The van der Waals surface area contributed by atoms with E-state index in [1.807, 2.05) is 0 Å². The maximum atomic E-state index is 11.8. The second kappa shape index (κ2) is 5.32. The largest absolute Gasteiger partial charge is 0.481 e. The molecule has 4 atom stereocenters. The lowest BCUT2D eigenvalue weighted by Gasteiger charge is -2.21. The molecule has 1 saturated carbocycles. The fourth-order valence-electron chi connectivity index (χ4n) is 2.11. The van der Waals surface area contributed by atoms with E-state index < -0.39 is 17.8 Å². The number of carboxylic acid groups (broad SMARTS) is 1. The Bertz CT molecular complexity index is 277. The Labute approximate surface area is 96.4 Å². The van der Waals surface area contributed by atoms with Gasteiger partial charge >= 0.3 is 5.97 Å². The van der Waals surface area contributed by atoms with Gasteiger partial charge in [-0.3, -0.25) is 9.59 Å². The zero-order valence-corrected chi connectivity index (χ0v) is 10.2. The molecule has 1 amide bonds. The molecule has 1 rings (SSSR count). The number of nitrogens with one attached hydrogen (secondary N) is 1. The number of amides is 1. The van der Waals surface area contributed by atoms with E-state index >= 15 is 0 Å². The van der Waals surface area contributed by atoms with E-state index in [1.54, 1.807) is 13.8 Å². The number of carbonyl (C=O) groups excluding carboxylic acids is 1. The summed E-state index contributed by atoms with van der Waals surface area (Å²) in [5.41, 5.74) is 0. The summed E-state index contributed by atoms with van der Waals surface area (Å²) in [6.07, 6.45) is 3.31. The van der Waals surface area contributed by atoms with E-state index in [9.17, 15) is 9.59 Å². The highest BCUT2D eigenvalue weighted by molar-refractivity contribution is 5.84. The van der Waals surface area contributed by atoms with Gasteiger partial charge in [-0.25, -0.2) is 0 Å². The van der Waals surface area contributed by atoms with Gasteiger partial charge in [0.15, 0.2) is 0 Å². The van der Waals surface area contributed by atoms with E-state index in [4.69, 9.17) is 5.11 Å². The molecule has 4 nitrogen and oxygen atoms in total. The SMILES string of the molecule is CC1CCCC1NC(=O)C(C)C(C)C(=O)O. The summed E-state index contributed by atoms with van der Waals surface area (Å²) in [6, 6.07) is 0.232. The molecule has 16 heavy (non-hydrogen) atoms. The zero-order valence-electron chi connectivity index (χ0n) is 10.2. The van der Waals surface area contributed by atoms with Crippen LogP contribution in [0.25, 0.3) is 0 Å². The molecule has 0 heterocycles. The first kappa shape index (κ1) is 13.0. The van der Waals surface area contributed by atoms with Crippen molar-refractivity contribution in [3.63, 3.8) is 0 Å². The van der Waals surface area contributed by atoms with E-state index in [1.165, 1.54) is 0 Å². The van der Waals surface area contributed by atoms with Crippen LogP contribution in [0, 0.1) is 17.8 Å². The second-order valence-electron chi connectivity index (χ2n) is 4.94. The van der Waals surface area contributed by atoms with Gasteiger partial charge in [-0.2, -0.15) is 0 Å². The second-order valence-corrected chi connectivity index (χ2v) is 4.94. The molecule has 0 spiro atoms. The highest BCUT2D eigenvalue weighted by Crippen LogP contribution is 2.25. The molecule has 92 valence electrons. The van der Waals surface area contributed by atoms with Gasteiger partial charge in [-0.1, -0.05) is 27.2 Å². The van der Waals surface area contributed by atoms with E-state index in [0.717, 1.165) is 19.3 Å². The lowest BCUT2D eigenvalue weighted by molar-refractivity contribution is -0.146. The summed E-state index contributed by atoms with van der Waals surface area (Å²) < 4.78 is 0. The van der Waals surface area contributed by atoms with Crippen LogP contribution < -0.4 is 5.32 Å². The van der Waals surface area contributed by atoms with Gasteiger partial charge in [-0.15, -0.1) is 0 Å². The van der Waals surface area contributed by atoms with Crippen LogP contribution >= 0.6 is 0 Å². The average Bonchev–Trinajstić information content (AvgIpc) is 2.62. The number of rotatable bonds is 4. The van der Waals surface area contributed by atoms with Crippen molar-refractivity contribution in [2.75, 3.05) is 0 Å². The van der Waals surface area contributed by atoms with Crippen LogP contribution in [0.1, 0.15) is 40.0 Å². The standard InChI is InChI=1S/C12H21NO3/c1-7-5-4-6-10(7)13-11(14)8(2)9(3)12(15)16/h7-10H,4-6H2,1-3H3,(H,13,14)(H,15,16). The molecule has 0 saturated heterocycles. The molecule has 2 N–H and O–H groups in total. The molecule has 0 bridgehead atoms. The van der Waals surface area contributed by atoms with Crippen molar-refractivity contribution in [1.82, 2.24) is 5.32 Å². The first-order valence-electron chi connectivity index (χ1n) is 5.96. The lowest BCUT2D eigenvalue weighted by Crippen LogP contribution is -2.42. The summed E-state index contributed by atoms with van der Waals surface area (Å²) >= 11 is 0. The summed E-state index contributed by atoms with van der Waals surface area (Å²) in [5.74, 6) is -1.63. The molecular formula is C12H21NO3. The van der Waals surface area contributed by atoms with Crippen molar-refractivity contribution in [2.45, 2.75) is 46.1 Å². The molecule has 0 aromatic rings. The molecule has 0 radical (unpaired) electrons. The van der Waals surface area contributed by atoms with E-state index in [2.05, 4.69) is 12.2 Å². The predicted octanol–water partition coefficient (Wildman–Crippen LogP) is 1.65. The lowest BCUT2D eigenvalue weighted by atomic mass is 9.94. The molecule has 1 aliphatic rings. The summed E-state index contributed by atoms with van der Waals surface area (Å²) in [4.78, 5) is 22.6. The molecule has 4 unspecified atom stereocenters. The number of aliphatic carboxylic acids is 1. The molecule has 0 aromatic heterocycles. The van der Waals surface area contributed by atoms with Gasteiger partial charge in [0.05, 0.1) is 5.92 Å². The van der Waals surface area contributed by atoms with Crippen molar-refractivity contribution in [2.24, 2.45) is 17.8 Å². The number of carbonyl (C=O) groups is 2. The Morgan fingerprint density at radius 1 is 1.25 bits per heavy atom. The third kappa shape index (κ3) is 2.97. The normalized spacial score (nSPS) is 28.4. The fourth-order valence-corrected chi connectivity index (χ4v) is 2.11. The topological polar surface area (TPSA) is 66.4 Å². The first-order valence-corrected chi connectivity index (χ1v) is 5.96. The zero-order chi connectivity index (χ0) is 12.3. The van der Waals surface area contributed by atoms with Crippen molar-refractivity contribution in [1.29, 1.82) is 0 Å². The van der Waals surface area contributed by atoms with Gasteiger partial charge in [0.25, 0.3) is 0 Å². The highest BCUT2D eigenvalue weighted by Gasteiger charge is 2.30. The van der Waals surface area contributed by atoms with Crippen LogP contribution in [0.3, 0.4) is 0 Å².